The van der Waals surface area contributed by atoms with E-state index in [1.54, 1.807) is 24.0 Å². The van der Waals surface area contributed by atoms with Crippen LogP contribution in [0.5, 0.6) is 0 Å². The lowest BCUT2D eigenvalue weighted by molar-refractivity contribution is 1.16. The Morgan fingerprint density at radius 3 is 2.79 bits per heavy atom. The molecule has 5 heteroatoms. The molecule has 0 unspecified atom stereocenters. The Morgan fingerprint density at radius 2 is 2.05 bits per heavy atom. The maximum absolute atomic E-state index is 8.87. The summed E-state index contributed by atoms with van der Waals surface area (Å²) in [6, 6.07) is 13.8. The summed E-state index contributed by atoms with van der Waals surface area (Å²) in [6.45, 7) is 0.737. The van der Waals surface area contributed by atoms with Crippen LogP contribution in [0.25, 0.3) is 0 Å². The van der Waals surface area contributed by atoms with Gasteiger partial charge in [-0.3, -0.25) is 0 Å². The van der Waals surface area contributed by atoms with Crippen molar-refractivity contribution in [3.8, 4) is 6.07 Å². The summed E-state index contributed by atoms with van der Waals surface area (Å²) >= 11 is 7.81. The van der Waals surface area contributed by atoms with Crippen LogP contribution >= 0.6 is 23.4 Å². The fourth-order valence-corrected chi connectivity index (χ4v) is 2.52. The number of thioether (sulfide) groups is 1. The second-order valence-corrected chi connectivity index (χ2v) is 5.27. The normalized spacial score (nSPS) is 9.89. The number of nitrogens with zero attached hydrogens (tertiary/aromatic N) is 2. The van der Waals surface area contributed by atoms with Crippen molar-refractivity contribution >= 4 is 29.2 Å². The molecule has 1 N–H and O–H groups in total. The van der Waals surface area contributed by atoms with Crippen LogP contribution in [0.15, 0.2) is 47.5 Å². The molecule has 2 aromatic rings. The molecule has 0 saturated heterocycles. The third-order valence-corrected chi connectivity index (χ3v) is 3.81. The fourth-order valence-electron chi connectivity index (χ4n) is 1.51. The smallest absolute Gasteiger partial charge is 0.146 e. The van der Waals surface area contributed by atoms with E-state index >= 15 is 0 Å². The van der Waals surface area contributed by atoms with E-state index in [2.05, 4.69) is 22.4 Å². The second-order valence-electron chi connectivity index (χ2n) is 3.72. The number of nitrogens with one attached hydrogen (secondary N) is 1. The summed E-state index contributed by atoms with van der Waals surface area (Å²) in [7, 11) is 0. The fraction of sp³-hybridized carbons (Fsp3) is 0.143. The Bertz CT molecular complexity index is 581. The number of benzene rings is 1. The third kappa shape index (κ3) is 3.88. The predicted molar refractivity (Wildman–Crippen MR) is 79.6 cm³/mol. The van der Waals surface area contributed by atoms with Gasteiger partial charge in [0.15, 0.2) is 0 Å². The Morgan fingerprint density at radius 1 is 1.26 bits per heavy atom. The Labute approximate surface area is 121 Å². The second kappa shape index (κ2) is 7.03. The molecule has 1 aromatic heterocycles. The summed E-state index contributed by atoms with van der Waals surface area (Å²) in [5.41, 5.74) is 0.440. The van der Waals surface area contributed by atoms with Gasteiger partial charge in [-0.15, -0.1) is 11.8 Å². The SMILES string of the molecule is N#Cc1ccnc(NCCSc2ccccc2)c1Cl. The number of hydrogen-bond donors (Lipinski definition) is 1. The molecule has 0 bridgehead atoms. The highest BCUT2D eigenvalue weighted by Gasteiger charge is 2.06. The number of nitriles is 1. The van der Waals surface area contributed by atoms with Crippen LogP contribution in [-0.2, 0) is 0 Å². The van der Waals surface area contributed by atoms with Gasteiger partial charge in [0.25, 0.3) is 0 Å². The highest BCUT2D eigenvalue weighted by molar-refractivity contribution is 7.99. The van der Waals surface area contributed by atoms with E-state index in [1.807, 2.05) is 24.3 Å². The van der Waals surface area contributed by atoms with Crippen LogP contribution in [0.1, 0.15) is 5.56 Å². The van der Waals surface area contributed by atoms with Crippen molar-refractivity contribution in [3.05, 3.63) is 53.2 Å². The maximum atomic E-state index is 8.87. The van der Waals surface area contributed by atoms with E-state index in [9.17, 15) is 0 Å². The molecule has 2 rings (SSSR count). The van der Waals surface area contributed by atoms with Gasteiger partial charge in [-0.25, -0.2) is 4.98 Å². The Balaban J connectivity index is 1.85. The minimum absolute atomic E-state index is 0.384. The number of anilines is 1. The van der Waals surface area contributed by atoms with Crippen LogP contribution in [0.4, 0.5) is 5.82 Å². The topological polar surface area (TPSA) is 48.7 Å². The van der Waals surface area contributed by atoms with Gasteiger partial charge in [0.1, 0.15) is 16.9 Å². The maximum Gasteiger partial charge on any atom is 0.146 e. The summed E-state index contributed by atoms with van der Waals surface area (Å²) in [5.74, 6) is 1.47. The quantitative estimate of drug-likeness (QED) is 0.672. The third-order valence-electron chi connectivity index (χ3n) is 2.42. The average molecular weight is 290 g/mol. The van der Waals surface area contributed by atoms with Crippen molar-refractivity contribution in [2.75, 3.05) is 17.6 Å². The molecule has 0 atom stereocenters. The van der Waals surface area contributed by atoms with Crippen LogP contribution in [0, 0.1) is 11.3 Å². The molecule has 0 aliphatic carbocycles. The summed E-state index contributed by atoms with van der Waals surface area (Å²) in [6.07, 6.45) is 1.58. The number of halogens is 1. The molecule has 96 valence electrons. The summed E-state index contributed by atoms with van der Waals surface area (Å²) in [5, 5.41) is 12.4. The zero-order valence-corrected chi connectivity index (χ0v) is 11.7. The molecule has 1 heterocycles. The lowest BCUT2D eigenvalue weighted by atomic mass is 10.3. The average Bonchev–Trinajstić information content (AvgIpc) is 2.46. The molecule has 0 aliphatic rings. The molecule has 3 nitrogen and oxygen atoms in total. The van der Waals surface area contributed by atoms with E-state index in [1.165, 1.54) is 4.90 Å². The van der Waals surface area contributed by atoms with Crippen molar-refractivity contribution in [2.45, 2.75) is 4.90 Å². The first-order valence-electron chi connectivity index (χ1n) is 5.77. The highest BCUT2D eigenvalue weighted by atomic mass is 35.5. The molecule has 0 spiro atoms. The number of hydrogen-bond acceptors (Lipinski definition) is 4. The van der Waals surface area contributed by atoms with Crippen LogP contribution in [-0.4, -0.2) is 17.3 Å². The predicted octanol–water partition coefficient (Wildman–Crippen LogP) is 3.81. The Hall–Kier alpha value is -1.70. The van der Waals surface area contributed by atoms with Crippen molar-refractivity contribution in [2.24, 2.45) is 0 Å². The largest absolute Gasteiger partial charge is 0.368 e. The van der Waals surface area contributed by atoms with Gasteiger partial charge in [-0.05, 0) is 18.2 Å². The van der Waals surface area contributed by atoms with Crippen LogP contribution in [0.2, 0.25) is 5.02 Å². The first-order chi connectivity index (χ1) is 9.31. The molecule has 0 amide bonds. The van der Waals surface area contributed by atoms with E-state index < -0.39 is 0 Å². The number of aromatic nitrogens is 1. The van der Waals surface area contributed by atoms with Crippen molar-refractivity contribution in [3.63, 3.8) is 0 Å². The molecule has 0 saturated carbocycles. The summed E-state index contributed by atoms with van der Waals surface area (Å²) in [4.78, 5) is 5.36. The molecule has 0 fully saturated rings. The van der Waals surface area contributed by atoms with Gasteiger partial charge < -0.3 is 5.32 Å². The molecule has 19 heavy (non-hydrogen) atoms. The minimum atomic E-state index is 0.384. The van der Waals surface area contributed by atoms with E-state index in [0.717, 1.165) is 12.3 Å². The number of rotatable bonds is 5. The van der Waals surface area contributed by atoms with Crippen molar-refractivity contribution in [1.82, 2.24) is 4.98 Å². The van der Waals surface area contributed by atoms with Crippen LogP contribution in [0.3, 0.4) is 0 Å². The Kier molecular flexibility index (Phi) is 5.08. The standard InChI is InChI=1S/C14H12ClN3S/c15-13-11(10-16)6-7-17-14(13)18-8-9-19-12-4-2-1-3-5-12/h1-7H,8-9H2,(H,17,18). The monoisotopic (exact) mass is 289 g/mol. The van der Waals surface area contributed by atoms with Gasteiger partial charge in [0.05, 0.1) is 5.56 Å². The zero-order valence-electron chi connectivity index (χ0n) is 10.1. The summed E-state index contributed by atoms with van der Waals surface area (Å²) < 4.78 is 0. The van der Waals surface area contributed by atoms with Crippen molar-refractivity contribution < 1.29 is 0 Å². The van der Waals surface area contributed by atoms with Gasteiger partial charge in [0.2, 0.25) is 0 Å². The van der Waals surface area contributed by atoms with E-state index in [-0.39, 0.29) is 0 Å². The van der Waals surface area contributed by atoms with Gasteiger partial charge in [-0.2, -0.15) is 5.26 Å². The molecule has 1 aromatic carbocycles. The molecule has 0 radical (unpaired) electrons. The van der Waals surface area contributed by atoms with E-state index in [0.29, 0.717) is 16.4 Å². The molecular weight excluding hydrogens is 278 g/mol. The molecule has 0 aliphatic heterocycles. The van der Waals surface area contributed by atoms with Crippen LogP contribution < -0.4 is 5.32 Å². The first-order valence-corrected chi connectivity index (χ1v) is 7.14. The van der Waals surface area contributed by atoms with Gasteiger partial charge in [0, 0.05) is 23.4 Å². The lowest BCUT2D eigenvalue weighted by Crippen LogP contribution is -2.06. The minimum Gasteiger partial charge on any atom is -0.368 e. The van der Waals surface area contributed by atoms with Crippen molar-refractivity contribution in [1.29, 1.82) is 5.26 Å². The molecular formula is C14H12ClN3S. The van der Waals surface area contributed by atoms with Gasteiger partial charge in [-0.1, -0.05) is 29.8 Å². The zero-order chi connectivity index (χ0) is 13.5. The van der Waals surface area contributed by atoms with E-state index in [4.69, 9.17) is 16.9 Å². The first kappa shape index (κ1) is 13.7. The lowest BCUT2D eigenvalue weighted by Gasteiger charge is -2.07. The number of pyridine rings is 1. The van der Waals surface area contributed by atoms with Gasteiger partial charge >= 0.3 is 0 Å². The highest BCUT2D eigenvalue weighted by Crippen LogP contribution is 2.23.